The second kappa shape index (κ2) is 7.64. The molecule has 1 aliphatic rings. The summed E-state index contributed by atoms with van der Waals surface area (Å²) >= 11 is 0. The number of piperidine rings is 1. The van der Waals surface area contributed by atoms with Crippen LogP contribution >= 0.6 is 0 Å². The van der Waals surface area contributed by atoms with Crippen LogP contribution in [0.3, 0.4) is 0 Å². The smallest absolute Gasteiger partial charge is 0.129 e. The van der Waals surface area contributed by atoms with Crippen molar-refractivity contribution in [3.8, 4) is 11.8 Å². The Morgan fingerprint density at radius 2 is 1.86 bits per heavy atom. The summed E-state index contributed by atoms with van der Waals surface area (Å²) in [5.74, 6) is 6.43. The van der Waals surface area contributed by atoms with Gasteiger partial charge < -0.3 is 10.0 Å². The van der Waals surface area contributed by atoms with Gasteiger partial charge in [0.15, 0.2) is 0 Å². The Morgan fingerprint density at radius 1 is 1.19 bits per heavy atom. The van der Waals surface area contributed by atoms with Crippen molar-refractivity contribution in [2.24, 2.45) is 5.92 Å². The van der Waals surface area contributed by atoms with Crippen LogP contribution in [-0.2, 0) is 0 Å². The van der Waals surface area contributed by atoms with Crippen molar-refractivity contribution in [3.05, 3.63) is 35.9 Å². The lowest BCUT2D eigenvalue weighted by Gasteiger charge is -2.34. The first-order chi connectivity index (χ1) is 10.1. The minimum absolute atomic E-state index is 0.164. The Bertz CT molecular complexity index is 481. The molecule has 0 spiro atoms. The van der Waals surface area contributed by atoms with Crippen LogP contribution in [0, 0.1) is 17.8 Å². The quantitative estimate of drug-likeness (QED) is 0.858. The predicted octanol–water partition coefficient (Wildman–Crippen LogP) is 3.30. The van der Waals surface area contributed by atoms with Gasteiger partial charge in [0, 0.05) is 18.0 Å². The number of hydrogen-bond acceptors (Lipinski definition) is 2. The summed E-state index contributed by atoms with van der Waals surface area (Å²) < 4.78 is 0. The lowest BCUT2D eigenvalue weighted by molar-refractivity contribution is 0.0210. The molecule has 1 fully saturated rings. The van der Waals surface area contributed by atoms with Gasteiger partial charge in [-0.05, 0) is 44.5 Å². The van der Waals surface area contributed by atoms with Gasteiger partial charge in [-0.3, -0.25) is 0 Å². The zero-order valence-corrected chi connectivity index (χ0v) is 13.3. The molecule has 1 heterocycles. The van der Waals surface area contributed by atoms with Gasteiger partial charge in [0.1, 0.15) is 5.60 Å². The predicted molar refractivity (Wildman–Crippen MR) is 88.0 cm³/mol. The number of aliphatic hydroxyl groups is 1. The first-order valence-corrected chi connectivity index (χ1v) is 8.17. The molecule has 0 amide bonds. The SMILES string of the molecule is CCC(O)(C#Cc1ccccc1)C(C)CN1CCCCC1. The molecule has 2 rings (SSSR count). The first-order valence-electron chi connectivity index (χ1n) is 8.17. The summed E-state index contributed by atoms with van der Waals surface area (Å²) in [6.45, 7) is 7.41. The van der Waals surface area contributed by atoms with Crippen molar-refractivity contribution in [1.29, 1.82) is 0 Å². The molecule has 1 saturated heterocycles. The summed E-state index contributed by atoms with van der Waals surface area (Å²) in [5, 5.41) is 10.9. The number of nitrogens with zero attached hydrogens (tertiary/aromatic N) is 1. The lowest BCUT2D eigenvalue weighted by atomic mass is 9.86. The van der Waals surface area contributed by atoms with Crippen LogP contribution in [-0.4, -0.2) is 35.2 Å². The second-order valence-electron chi connectivity index (χ2n) is 6.16. The van der Waals surface area contributed by atoms with E-state index in [1.54, 1.807) is 0 Å². The van der Waals surface area contributed by atoms with Crippen LogP contribution in [0.15, 0.2) is 30.3 Å². The standard InChI is InChI=1S/C19H27NO/c1-3-19(21,13-12-18-10-6-4-7-11-18)17(2)16-20-14-8-5-9-15-20/h4,6-7,10-11,17,21H,3,5,8-9,14-16H2,1-2H3. The van der Waals surface area contributed by atoms with Gasteiger partial charge in [0.05, 0.1) is 0 Å². The molecule has 0 radical (unpaired) electrons. The van der Waals surface area contributed by atoms with E-state index in [0.717, 1.165) is 25.2 Å². The topological polar surface area (TPSA) is 23.5 Å². The Hall–Kier alpha value is -1.30. The van der Waals surface area contributed by atoms with E-state index >= 15 is 0 Å². The molecule has 2 atom stereocenters. The fraction of sp³-hybridized carbons (Fsp3) is 0.579. The fourth-order valence-electron chi connectivity index (χ4n) is 2.94. The van der Waals surface area contributed by atoms with Crippen LogP contribution in [0.4, 0.5) is 0 Å². The lowest BCUT2D eigenvalue weighted by Crippen LogP contribution is -2.43. The molecular formula is C19H27NO. The summed E-state index contributed by atoms with van der Waals surface area (Å²) in [4.78, 5) is 2.47. The van der Waals surface area contributed by atoms with E-state index in [2.05, 4.69) is 23.7 Å². The van der Waals surface area contributed by atoms with Crippen molar-refractivity contribution in [1.82, 2.24) is 4.90 Å². The van der Waals surface area contributed by atoms with Crippen LogP contribution < -0.4 is 0 Å². The third kappa shape index (κ3) is 4.59. The maximum Gasteiger partial charge on any atom is 0.129 e. The van der Waals surface area contributed by atoms with Crippen molar-refractivity contribution in [2.75, 3.05) is 19.6 Å². The molecule has 0 aliphatic carbocycles. The maximum atomic E-state index is 10.9. The van der Waals surface area contributed by atoms with E-state index in [4.69, 9.17) is 0 Å². The zero-order chi connectivity index (χ0) is 15.1. The Labute approximate surface area is 129 Å². The van der Waals surface area contributed by atoms with Crippen molar-refractivity contribution in [2.45, 2.75) is 45.1 Å². The van der Waals surface area contributed by atoms with Crippen LogP contribution in [0.25, 0.3) is 0 Å². The zero-order valence-electron chi connectivity index (χ0n) is 13.3. The molecule has 1 N–H and O–H groups in total. The van der Waals surface area contributed by atoms with E-state index in [-0.39, 0.29) is 5.92 Å². The highest BCUT2D eigenvalue weighted by Gasteiger charge is 2.31. The number of benzene rings is 1. The molecule has 1 aliphatic heterocycles. The summed E-state index contributed by atoms with van der Waals surface area (Å²) in [6.07, 6.45) is 4.58. The van der Waals surface area contributed by atoms with E-state index in [0.29, 0.717) is 6.42 Å². The molecule has 2 nitrogen and oxygen atoms in total. The second-order valence-corrected chi connectivity index (χ2v) is 6.16. The largest absolute Gasteiger partial charge is 0.377 e. The van der Waals surface area contributed by atoms with Crippen molar-refractivity contribution in [3.63, 3.8) is 0 Å². The minimum Gasteiger partial charge on any atom is -0.377 e. The Kier molecular flexibility index (Phi) is 5.85. The molecule has 1 aromatic carbocycles. The van der Waals surface area contributed by atoms with Crippen molar-refractivity contribution < 1.29 is 5.11 Å². The monoisotopic (exact) mass is 285 g/mol. The molecule has 21 heavy (non-hydrogen) atoms. The molecule has 2 unspecified atom stereocenters. The van der Waals surface area contributed by atoms with Crippen LogP contribution in [0.5, 0.6) is 0 Å². The highest BCUT2D eigenvalue weighted by Crippen LogP contribution is 2.23. The average Bonchev–Trinajstić information content (AvgIpc) is 2.54. The van der Waals surface area contributed by atoms with Crippen molar-refractivity contribution >= 4 is 0 Å². The third-order valence-electron chi connectivity index (χ3n) is 4.53. The molecular weight excluding hydrogens is 258 g/mol. The molecule has 0 aromatic heterocycles. The minimum atomic E-state index is -0.896. The van der Waals surface area contributed by atoms with Gasteiger partial charge in [-0.2, -0.15) is 0 Å². The number of hydrogen-bond donors (Lipinski definition) is 1. The van der Waals surface area contributed by atoms with Gasteiger partial charge in [-0.15, -0.1) is 0 Å². The normalized spacial score (nSPS) is 20.1. The highest BCUT2D eigenvalue weighted by molar-refractivity contribution is 5.36. The third-order valence-corrected chi connectivity index (χ3v) is 4.53. The van der Waals surface area contributed by atoms with E-state index in [1.165, 1.54) is 19.3 Å². The maximum absolute atomic E-state index is 10.9. The van der Waals surface area contributed by atoms with Gasteiger partial charge in [0.25, 0.3) is 0 Å². The van der Waals surface area contributed by atoms with Crippen LogP contribution in [0.2, 0.25) is 0 Å². The molecule has 2 heteroatoms. The molecule has 1 aromatic rings. The summed E-state index contributed by atoms with van der Waals surface area (Å²) in [6, 6.07) is 9.91. The first kappa shape index (κ1) is 16.1. The number of likely N-dealkylation sites (tertiary alicyclic amines) is 1. The summed E-state index contributed by atoms with van der Waals surface area (Å²) in [5.41, 5.74) is 0.0716. The molecule has 114 valence electrons. The summed E-state index contributed by atoms with van der Waals surface area (Å²) in [7, 11) is 0. The average molecular weight is 285 g/mol. The van der Waals surface area contributed by atoms with E-state index in [9.17, 15) is 5.11 Å². The van der Waals surface area contributed by atoms with Gasteiger partial charge >= 0.3 is 0 Å². The molecule has 0 bridgehead atoms. The van der Waals surface area contributed by atoms with Crippen LogP contribution in [0.1, 0.15) is 45.1 Å². The molecule has 0 saturated carbocycles. The highest BCUT2D eigenvalue weighted by atomic mass is 16.3. The van der Waals surface area contributed by atoms with Gasteiger partial charge in [-0.1, -0.05) is 50.3 Å². The van der Waals surface area contributed by atoms with E-state index in [1.807, 2.05) is 37.3 Å². The Balaban J connectivity index is 2.03. The van der Waals surface area contributed by atoms with Gasteiger partial charge in [-0.25, -0.2) is 0 Å². The van der Waals surface area contributed by atoms with E-state index < -0.39 is 5.60 Å². The van der Waals surface area contributed by atoms with Gasteiger partial charge in [0.2, 0.25) is 0 Å². The fourth-order valence-corrected chi connectivity index (χ4v) is 2.94. The number of rotatable bonds is 4. The Morgan fingerprint density at radius 3 is 2.48 bits per heavy atom.